The van der Waals surface area contributed by atoms with Gasteiger partial charge in [0, 0.05) is 16.2 Å². The Morgan fingerprint density at radius 3 is 1.12 bits per heavy atom. The molecule has 12 aromatic carbocycles. The predicted octanol–water partition coefficient (Wildman–Crippen LogP) is 14.6. The zero-order chi connectivity index (χ0) is 45.0. The summed E-state index contributed by atoms with van der Waals surface area (Å²) < 4.78 is 2.50. The lowest BCUT2D eigenvalue weighted by Gasteiger charge is -2.34. The van der Waals surface area contributed by atoms with Gasteiger partial charge < -0.3 is 4.57 Å². The van der Waals surface area contributed by atoms with Crippen molar-refractivity contribution in [1.29, 1.82) is 0 Å². The Hall–Kier alpha value is -8.56. The highest BCUT2D eigenvalue weighted by Crippen LogP contribution is 2.41. The van der Waals surface area contributed by atoms with E-state index in [1.807, 2.05) is 0 Å². The van der Waals surface area contributed by atoms with Crippen LogP contribution in [0.5, 0.6) is 0 Å². The summed E-state index contributed by atoms with van der Waals surface area (Å²) in [5, 5.41) is 15.4. The van der Waals surface area contributed by atoms with E-state index in [0.29, 0.717) is 0 Å². The van der Waals surface area contributed by atoms with Crippen LogP contribution >= 0.6 is 0 Å². The molecule has 0 bridgehead atoms. The molecule has 1 aromatic heterocycles. The van der Waals surface area contributed by atoms with Crippen LogP contribution in [-0.2, 0) is 0 Å². The van der Waals surface area contributed by atoms with Crippen LogP contribution in [0.15, 0.2) is 273 Å². The topological polar surface area (TPSA) is 4.93 Å². The molecule has 318 valence electrons. The molecule has 0 fully saturated rings. The summed E-state index contributed by atoms with van der Waals surface area (Å²) in [5.41, 5.74) is 10.9. The predicted molar refractivity (Wildman–Crippen MR) is 293 cm³/mol. The van der Waals surface area contributed by atoms with E-state index in [2.05, 4.69) is 278 Å². The Balaban J connectivity index is 0.995. The molecule has 0 aliphatic heterocycles. The van der Waals surface area contributed by atoms with Gasteiger partial charge in [0.25, 0.3) is 0 Å². The molecule has 1 heterocycles. The van der Waals surface area contributed by atoms with Gasteiger partial charge in [-0.15, -0.1) is 0 Å². The van der Waals surface area contributed by atoms with Crippen LogP contribution in [0.3, 0.4) is 0 Å². The maximum Gasteiger partial charge on any atom is 0.179 e. The molecule has 0 N–H and O–H groups in total. The lowest BCUT2D eigenvalue weighted by atomic mass is 9.95. The lowest BCUT2D eigenvalue weighted by Crippen LogP contribution is -2.74. The first-order valence-electron chi connectivity index (χ1n) is 23.6. The summed E-state index contributed by atoms with van der Waals surface area (Å²) >= 11 is 0. The van der Waals surface area contributed by atoms with Gasteiger partial charge in [0.15, 0.2) is 8.07 Å². The zero-order valence-corrected chi connectivity index (χ0v) is 38.4. The quantitative estimate of drug-likeness (QED) is 0.106. The maximum atomic E-state index is 2.50. The molecule has 0 aliphatic carbocycles. The zero-order valence-electron chi connectivity index (χ0n) is 37.4. The summed E-state index contributed by atoms with van der Waals surface area (Å²) in [7, 11) is -2.66. The molecule has 0 aliphatic rings. The molecule has 0 atom stereocenters. The maximum absolute atomic E-state index is 2.66. The third kappa shape index (κ3) is 6.37. The Bertz CT molecular complexity index is 3760. The Morgan fingerprint density at radius 2 is 0.603 bits per heavy atom. The molecule has 2 heteroatoms. The molecule has 0 unspecified atom stereocenters. The third-order valence-corrected chi connectivity index (χ3v) is 19.2. The van der Waals surface area contributed by atoms with Crippen molar-refractivity contribution in [3.8, 4) is 39.1 Å². The number of benzene rings is 12. The van der Waals surface area contributed by atoms with Gasteiger partial charge in [-0.25, -0.2) is 0 Å². The minimum Gasteiger partial charge on any atom is -0.309 e. The number of rotatable bonds is 8. The standard InChI is InChI=1S/C66H45NSi/c1-4-22-51(23-5-1)68(52-24-6-2-7-25-52,53-26-8-3-9-27-53)54-40-36-48(37-41-54)57-32-16-34-61-60(57)33-17-35-64(61)67-65-42-38-49(58-30-14-20-46-18-10-12-28-55(46)58)44-62(65)63-45-50(39-43-66(63)67)59-31-15-21-47-19-11-13-29-56(47)59/h1-45H. The van der Waals surface area contributed by atoms with Crippen molar-refractivity contribution in [2.45, 2.75) is 0 Å². The van der Waals surface area contributed by atoms with Crippen LogP contribution in [0.25, 0.3) is 93.2 Å². The fourth-order valence-electron chi connectivity index (χ4n) is 11.3. The van der Waals surface area contributed by atoms with Crippen LogP contribution < -0.4 is 20.7 Å². The molecular weight excluding hydrogens is 835 g/mol. The van der Waals surface area contributed by atoms with Gasteiger partial charge in [0.2, 0.25) is 0 Å². The van der Waals surface area contributed by atoms with Crippen molar-refractivity contribution >= 4 is 82.9 Å². The van der Waals surface area contributed by atoms with E-state index in [0.717, 1.165) is 0 Å². The average molecular weight is 880 g/mol. The Kier molecular flexibility index (Phi) is 9.59. The van der Waals surface area contributed by atoms with E-state index in [1.165, 1.54) is 114 Å². The molecule has 1 nitrogen and oxygen atoms in total. The van der Waals surface area contributed by atoms with Crippen LogP contribution in [0.1, 0.15) is 0 Å². The summed E-state index contributed by atoms with van der Waals surface area (Å²) in [5.74, 6) is 0. The van der Waals surface area contributed by atoms with E-state index >= 15 is 0 Å². The smallest absolute Gasteiger partial charge is 0.179 e. The highest BCUT2D eigenvalue weighted by Gasteiger charge is 2.41. The summed E-state index contributed by atoms with van der Waals surface area (Å²) in [6.07, 6.45) is 0. The summed E-state index contributed by atoms with van der Waals surface area (Å²) in [4.78, 5) is 0. The molecule has 0 spiro atoms. The highest BCUT2D eigenvalue weighted by molar-refractivity contribution is 7.19. The van der Waals surface area contributed by atoms with Gasteiger partial charge >= 0.3 is 0 Å². The minimum absolute atomic E-state index is 1.17. The largest absolute Gasteiger partial charge is 0.309 e. The van der Waals surface area contributed by atoms with Crippen molar-refractivity contribution in [2.75, 3.05) is 0 Å². The van der Waals surface area contributed by atoms with E-state index in [-0.39, 0.29) is 0 Å². The first-order chi connectivity index (χ1) is 33.7. The number of hydrogen-bond donors (Lipinski definition) is 0. The van der Waals surface area contributed by atoms with Gasteiger partial charge in [0.05, 0.1) is 16.7 Å². The normalized spacial score (nSPS) is 11.8. The molecule has 0 radical (unpaired) electrons. The van der Waals surface area contributed by atoms with Gasteiger partial charge in [0.1, 0.15) is 0 Å². The number of fused-ring (bicyclic) bond motifs is 6. The highest BCUT2D eigenvalue weighted by atomic mass is 28.3. The number of aromatic nitrogens is 1. The van der Waals surface area contributed by atoms with Gasteiger partial charge in [-0.2, -0.15) is 0 Å². The number of hydrogen-bond acceptors (Lipinski definition) is 0. The second-order valence-corrected chi connectivity index (χ2v) is 21.8. The SMILES string of the molecule is c1ccc([Si](c2ccccc2)(c2ccccc2)c2ccc(-c3cccc4c(-n5c6ccc(-c7cccc8ccccc78)cc6c6cc(-c7cccc8ccccc78)ccc65)cccc34)cc2)cc1. The molecule has 0 amide bonds. The number of nitrogens with zero attached hydrogens (tertiary/aromatic N) is 1. The van der Waals surface area contributed by atoms with E-state index < -0.39 is 8.07 Å². The van der Waals surface area contributed by atoms with E-state index in [9.17, 15) is 0 Å². The fraction of sp³-hybridized carbons (Fsp3) is 0. The minimum atomic E-state index is -2.66. The summed E-state index contributed by atoms with van der Waals surface area (Å²) in [6.45, 7) is 0. The van der Waals surface area contributed by atoms with Crippen LogP contribution in [0.4, 0.5) is 0 Å². The monoisotopic (exact) mass is 879 g/mol. The van der Waals surface area contributed by atoms with Crippen LogP contribution in [-0.4, -0.2) is 12.6 Å². The van der Waals surface area contributed by atoms with Gasteiger partial charge in [-0.05, 0) is 111 Å². The van der Waals surface area contributed by atoms with Crippen molar-refractivity contribution < 1.29 is 0 Å². The van der Waals surface area contributed by atoms with Gasteiger partial charge in [-0.3, -0.25) is 0 Å². The summed E-state index contributed by atoms with van der Waals surface area (Å²) in [6, 6.07) is 102. The van der Waals surface area contributed by atoms with Crippen molar-refractivity contribution in [3.05, 3.63) is 273 Å². The van der Waals surface area contributed by atoms with Crippen molar-refractivity contribution in [2.24, 2.45) is 0 Å². The Morgan fingerprint density at radius 1 is 0.235 bits per heavy atom. The first-order valence-corrected chi connectivity index (χ1v) is 25.6. The Labute approximate surface area is 397 Å². The molecule has 13 aromatic rings. The van der Waals surface area contributed by atoms with Crippen LogP contribution in [0.2, 0.25) is 0 Å². The van der Waals surface area contributed by atoms with E-state index in [4.69, 9.17) is 0 Å². The lowest BCUT2D eigenvalue weighted by molar-refractivity contribution is 1.20. The molecule has 0 saturated heterocycles. The molecular formula is C66H45NSi. The second kappa shape index (κ2) is 16.4. The van der Waals surface area contributed by atoms with Crippen LogP contribution in [0, 0.1) is 0 Å². The molecule has 13 rings (SSSR count). The average Bonchev–Trinajstić information content (AvgIpc) is 3.74. The van der Waals surface area contributed by atoms with Crippen molar-refractivity contribution in [3.63, 3.8) is 0 Å². The first kappa shape index (κ1) is 39.8. The fourth-order valence-corrected chi connectivity index (χ4v) is 16.0. The van der Waals surface area contributed by atoms with Gasteiger partial charge in [-0.1, -0.05) is 243 Å². The molecule has 0 saturated carbocycles. The van der Waals surface area contributed by atoms with Crippen molar-refractivity contribution in [1.82, 2.24) is 4.57 Å². The molecule has 68 heavy (non-hydrogen) atoms. The third-order valence-electron chi connectivity index (χ3n) is 14.4. The van der Waals surface area contributed by atoms with E-state index in [1.54, 1.807) is 0 Å². The second-order valence-electron chi connectivity index (χ2n) is 18.0.